The molecule has 36 heavy (non-hydrogen) atoms. The number of aromatic nitrogens is 2. The van der Waals surface area contributed by atoms with Gasteiger partial charge in [0.15, 0.2) is 0 Å². The van der Waals surface area contributed by atoms with Crippen LogP contribution >= 0.6 is 0 Å². The zero-order valence-corrected chi connectivity index (χ0v) is 20.1. The summed E-state index contributed by atoms with van der Waals surface area (Å²) < 4.78 is 7.33. The fourth-order valence-electron chi connectivity index (χ4n) is 4.89. The van der Waals surface area contributed by atoms with Gasteiger partial charge in [-0.15, -0.1) is 0 Å². The normalized spacial score (nSPS) is 13.1. The number of carboxylic acids is 1. The number of rotatable bonds is 7. The zero-order valence-electron chi connectivity index (χ0n) is 20.1. The second-order valence-electron chi connectivity index (χ2n) is 9.02. The summed E-state index contributed by atoms with van der Waals surface area (Å²) in [4.78, 5) is 24.6. The van der Waals surface area contributed by atoms with Crippen LogP contribution in [0.5, 0.6) is 0 Å². The highest BCUT2D eigenvalue weighted by Gasteiger charge is 2.30. The molecule has 4 aromatic rings. The molecule has 1 atom stereocenters. The van der Waals surface area contributed by atoms with Crippen LogP contribution in [0.4, 0.5) is 4.79 Å². The van der Waals surface area contributed by atoms with E-state index in [4.69, 9.17) is 4.74 Å². The molecule has 182 valence electrons. The molecule has 1 aliphatic rings. The van der Waals surface area contributed by atoms with Crippen LogP contribution in [0.15, 0.2) is 79.0 Å². The number of fused-ring (bicyclic) bond motifs is 3. The van der Waals surface area contributed by atoms with Gasteiger partial charge in [-0.1, -0.05) is 66.7 Å². The molecule has 0 aliphatic heterocycles. The van der Waals surface area contributed by atoms with Gasteiger partial charge in [0.05, 0.1) is 11.9 Å². The monoisotopic (exact) mass is 481 g/mol. The maximum absolute atomic E-state index is 12.7. The summed E-state index contributed by atoms with van der Waals surface area (Å²) in [5, 5.41) is 16.8. The second-order valence-corrected chi connectivity index (χ2v) is 9.02. The molecule has 0 fully saturated rings. The van der Waals surface area contributed by atoms with Crippen LogP contribution in [-0.4, -0.2) is 39.6 Å². The molecule has 1 amide bonds. The minimum atomic E-state index is -1.14. The van der Waals surface area contributed by atoms with Crippen LogP contribution in [0, 0.1) is 13.8 Å². The summed E-state index contributed by atoms with van der Waals surface area (Å²) in [6.07, 6.45) is 0.988. The molecule has 7 nitrogen and oxygen atoms in total. The number of aryl methyl sites for hydroxylation is 1. The predicted molar refractivity (Wildman–Crippen MR) is 136 cm³/mol. The molecule has 1 aromatic heterocycles. The highest BCUT2D eigenvalue weighted by atomic mass is 16.5. The summed E-state index contributed by atoms with van der Waals surface area (Å²) in [6, 6.07) is 22.8. The number of hydrogen-bond acceptors (Lipinski definition) is 4. The van der Waals surface area contributed by atoms with Gasteiger partial charge in [-0.25, -0.2) is 14.3 Å². The maximum Gasteiger partial charge on any atom is 0.407 e. The maximum atomic E-state index is 12.7. The fraction of sp³-hybridized carbons (Fsp3) is 0.207. The second kappa shape index (κ2) is 9.70. The lowest BCUT2D eigenvalue weighted by molar-refractivity contribution is -0.139. The minimum absolute atomic E-state index is 0.0945. The Hall–Kier alpha value is -4.39. The van der Waals surface area contributed by atoms with E-state index in [1.807, 2.05) is 74.5 Å². The Morgan fingerprint density at radius 2 is 1.58 bits per heavy atom. The lowest BCUT2D eigenvalue weighted by Gasteiger charge is -2.17. The Labute approximate surface area is 209 Å². The molecule has 7 heteroatoms. The van der Waals surface area contributed by atoms with Crippen molar-refractivity contribution >= 4 is 12.1 Å². The Morgan fingerprint density at radius 3 is 2.22 bits per heavy atom. The van der Waals surface area contributed by atoms with Crippen molar-refractivity contribution in [2.24, 2.45) is 0 Å². The number of benzene rings is 3. The average molecular weight is 482 g/mol. The highest BCUT2D eigenvalue weighted by molar-refractivity contribution is 5.81. The van der Waals surface area contributed by atoms with Gasteiger partial charge in [-0.05, 0) is 53.3 Å². The van der Waals surface area contributed by atoms with E-state index in [1.54, 1.807) is 10.9 Å². The van der Waals surface area contributed by atoms with Crippen LogP contribution in [0.1, 0.15) is 33.9 Å². The molecular formula is C29H27N3O4. The van der Waals surface area contributed by atoms with E-state index < -0.39 is 18.1 Å². The number of amides is 1. The third-order valence-corrected chi connectivity index (χ3v) is 6.81. The molecule has 1 heterocycles. The number of carboxylic acid groups (broad SMARTS) is 1. The van der Waals surface area contributed by atoms with Crippen LogP contribution in [0.25, 0.3) is 16.8 Å². The Kier molecular flexibility index (Phi) is 6.29. The summed E-state index contributed by atoms with van der Waals surface area (Å²) in [5.41, 5.74) is 8.01. The van der Waals surface area contributed by atoms with Gasteiger partial charge in [-0.2, -0.15) is 5.10 Å². The van der Waals surface area contributed by atoms with E-state index in [-0.39, 0.29) is 18.9 Å². The van der Waals surface area contributed by atoms with Gasteiger partial charge in [0.2, 0.25) is 0 Å². The molecule has 1 unspecified atom stereocenters. The van der Waals surface area contributed by atoms with Crippen molar-refractivity contribution in [3.8, 4) is 16.8 Å². The third kappa shape index (κ3) is 4.35. The number of alkyl carbamates (subject to hydrolysis) is 1. The lowest BCUT2D eigenvalue weighted by Crippen LogP contribution is -2.43. The van der Waals surface area contributed by atoms with E-state index in [1.165, 1.54) is 0 Å². The van der Waals surface area contributed by atoms with Crippen molar-refractivity contribution in [1.82, 2.24) is 15.1 Å². The quantitative estimate of drug-likeness (QED) is 0.386. The van der Waals surface area contributed by atoms with Gasteiger partial charge < -0.3 is 15.2 Å². The van der Waals surface area contributed by atoms with Crippen molar-refractivity contribution in [3.63, 3.8) is 0 Å². The van der Waals surface area contributed by atoms with Crippen LogP contribution in [0.2, 0.25) is 0 Å². The number of aliphatic carboxylic acids is 1. The van der Waals surface area contributed by atoms with Gasteiger partial charge in [0.25, 0.3) is 0 Å². The number of carbonyl (C=O) groups is 2. The largest absolute Gasteiger partial charge is 0.480 e. The molecule has 0 radical (unpaired) electrons. The van der Waals surface area contributed by atoms with Gasteiger partial charge in [0, 0.05) is 18.0 Å². The number of para-hydroxylation sites is 1. The zero-order chi connectivity index (χ0) is 25.2. The molecule has 0 spiro atoms. The van der Waals surface area contributed by atoms with E-state index in [2.05, 4.69) is 22.5 Å². The van der Waals surface area contributed by atoms with E-state index in [9.17, 15) is 14.7 Å². The van der Waals surface area contributed by atoms with E-state index in [0.29, 0.717) is 0 Å². The minimum Gasteiger partial charge on any atom is -0.480 e. The first kappa shape index (κ1) is 23.4. The summed E-state index contributed by atoms with van der Waals surface area (Å²) in [7, 11) is 0. The Bertz CT molecular complexity index is 1400. The number of nitrogens with zero attached hydrogens (tertiary/aromatic N) is 2. The van der Waals surface area contributed by atoms with Crippen molar-refractivity contribution < 1.29 is 19.4 Å². The Balaban J connectivity index is 1.27. The summed E-state index contributed by atoms with van der Waals surface area (Å²) in [6.45, 7) is 4.01. The molecular weight excluding hydrogens is 454 g/mol. The van der Waals surface area contributed by atoms with Gasteiger partial charge in [0.1, 0.15) is 12.6 Å². The van der Waals surface area contributed by atoms with Crippen molar-refractivity contribution in [2.75, 3.05) is 6.61 Å². The number of carbonyl (C=O) groups excluding carboxylic acids is 1. The summed E-state index contributed by atoms with van der Waals surface area (Å²) >= 11 is 0. The molecule has 0 saturated carbocycles. The first-order valence-electron chi connectivity index (χ1n) is 11.9. The van der Waals surface area contributed by atoms with Crippen LogP contribution < -0.4 is 5.32 Å². The third-order valence-electron chi connectivity index (χ3n) is 6.81. The first-order chi connectivity index (χ1) is 17.4. The number of hydrogen-bond donors (Lipinski definition) is 2. The molecule has 5 rings (SSSR count). The van der Waals surface area contributed by atoms with Gasteiger partial charge in [-0.3, -0.25) is 0 Å². The van der Waals surface area contributed by atoms with Gasteiger partial charge >= 0.3 is 12.1 Å². The summed E-state index contributed by atoms with van der Waals surface area (Å²) in [5.74, 6) is -1.23. The molecule has 0 bridgehead atoms. The van der Waals surface area contributed by atoms with E-state index in [0.717, 1.165) is 44.8 Å². The van der Waals surface area contributed by atoms with Crippen molar-refractivity contribution in [3.05, 3.63) is 107 Å². The topological polar surface area (TPSA) is 93.5 Å². The lowest BCUT2D eigenvalue weighted by atomic mass is 9.98. The predicted octanol–water partition coefficient (Wildman–Crippen LogP) is 5.02. The van der Waals surface area contributed by atoms with Crippen LogP contribution in [-0.2, 0) is 16.0 Å². The number of ether oxygens (including phenoxy) is 1. The molecule has 1 aliphatic carbocycles. The standard InChI is InChI=1S/C29H27N3O4/c1-18-9-3-8-14-27(18)32-19(2)20(16-30-32)15-26(28(33)34)31-29(35)36-17-25-23-12-6-4-10-21(23)22-11-5-7-13-24(22)25/h3-14,16,25-26H,15,17H2,1-2H3,(H,31,35)(H,33,34). The average Bonchev–Trinajstić information content (AvgIpc) is 3.40. The Morgan fingerprint density at radius 1 is 0.972 bits per heavy atom. The van der Waals surface area contributed by atoms with E-state index >= 15 is 0 Å². The SMILES string of the molecule is Cc1ccccc1-n1ncc(CC(NC(=O)OCC2c3ccccc3-c3ccccc32)C(=O)O)c1C. The highest BCUT2D eigenvalue weighted by Crippen LogP contribution is 2.44. The molecule has 0 saturated heterocycles. The smallest absolute Gasteiger partial charge is 0.407 e. The van der Waals surface area contributed by atoms with Crippen LogP contribution in [0.3, 0.4) is 0 Å². The first-order valence-corrected chi connectivity index (χ1v) is 11.9. The van der Waals surface area contributed by atoms with Crippen molar-refractivity contribution in [1.29, 1.82) is 0 Å². The van der Waals surface area contributed by atoms with Crippen molar-refractivity contribution in [2.45, 2.75) is 32.2 Å². The molecule has 3 aromatic carbocycles. The molecule has 2 N–H and O–H groups in total. The fourth-order valence-corrected chi connectivity index (χ4v) is 4.89. The number of nitrogens with one attached hydrogen (secondary N) is 1.